The third-order valence-electron chi connectivity index (χ3n) is 3.36. The Morgan fingerprint density at radius 3 is 2.76 bits per heavy atom. The second-order valence-electron chi connectivity index (χ2n) is 5.28. The summed E-state index contributed by atoms with van der Waals surface area (Å²) in [6.07, 6.45) is 1.67. The van der Waals surface area contributed by atoms with Gasteiger partial charge in [0.25, 0.3) is 0 Å². The van der Waals surface area contributed by atoms with Crippen LogP contribution in [0.1, 0.15) is 11.4 Å². The third-order valence-corrected chi connectivity index (χ3v) is 3.36. The van der Waals surface area contributed by atoms with E-state index < -0.39 is 0 Å². The zero-order valence-corrected chi connectivity index (χ0v) is 13.3. The second-order valence-corrected chi connectivity index (χ2v) is 5.28. The molecule has 3 aromatic rings. The van der Waals surface area contributed by atoms with Gasteiger partial charge >= 0.3 is 0 Å². The maximum atomic E-state index is 12.9. The van der Waals surface area contributed by atoms with Crippen LogP contribution in [0.15, 0.2) is 59.3 Å². The van der Waals surface area contributed by atoms with Crippen molar-refractivity contribution < 1.29 is 18.4 Å². The second kappa shape index (κ2) is 8.16. The van der Waals surface area contributed by atoms with Crippen molar-refractivity contribution in [1.82, 2.24) is 15.5 Å². The van der Waals surface area contributed by atoms with Crippen LogP contribution in [0.25, 0.3) is 11.3 Å². The molecule has 0 saturated carbocycles. The van der Waals surface area contributed by atoms with Crippen LogP contribution >= 0.6 is 0 Å². The SMILES string of the molecule is O=C(COCc1cc(-c2ccc(F)cc2)on1)NCc1ccccn1. The van der Waals surface area contributed by atoms with E-state index in [9.17, 15) is 9.18 Å². The molecule has 0 atom stereocenters. The molecule has 0 aliphatic carbocycles. The Balaban J connectivity index is 1.43. The number of hydrogen-bond donors (Lipinski definition) is 1. The van der Waals surface area contributed by atoms with Crippen molar-refractivity contribution in [2.75, 3.05) is 6.61 Å². The molecule has 128 valence electrons. The molecule has 0 spiro atoms. The molecule has 0 saturated heterocycles. The summed E-state index contributed by atoms with van der Waals surface area (Å²) in [7, 11) is 0. The van der Waals surface area contributed by atoms with E-state index in [1.165, 1.54) is 12.1 Å². The van der Waals surface area contributed by atoms with E-state index in [-0.39, 0.29) is 24.9 Å². The number of aromatic nitrogens is 2. The van der Waals surface area contributed by atoms with Crippen molar-refractivity contribution in [2.24, 2.45) is 0 Å². The van der Waals surface area contributed by atoms with Crippen LogP contribution in [-0.2, 0) is 22.7 Å². The molecular formula is C18H16FN3O3. The van der Waals surface area contributed by atoms with Crippen LogP contribution in [0, 0.1) is 5.82 Å². The van der Waals surface area contributed by atoms with E-state index >= 15 is 0 Å². The number of nitrogens with zero attached hydrogens (tertiary/aromatic N) is 2. The molecule has 7 heteroatoms. The minimum Gasteiger partial charge on any atom is -0.365 e. The average molecular weight is 341 g/mol. The van der Waals surface area contributed by atoms with Gasteiger partial charge in [0.05, 0.1) is 18.8 Å². The minimum absolute atomic E-state index is 0.0917. The molecule has 0 bridgehead atoms. The summed E-state index contributed by atoms with van der Waals surface area (Å²) < 4.78 is 23.4. The molecule has 3 rings (SSSR count). The lowest BCUT2D eigenvalue weighted by molar-refractivity contribution is -0.126. The molecule has 6 nitrogen and oxygen atoms in total. The number of benzene rings is 1. The monoisotopic (exact) mass is 341 g/mol. The topological polar surface area (TPSA) is 77.2 Å². The molecule has 0 aliphatic heterocycles. The number of nitrogens with one attached hydrogen (secondary N) is 1. The summed E-state index contributed by atoms with van der Waals surface area (Å²) in [6.45, 7) is 0.398. The van der Waals surface area contributed by atoms with Crippen molar-refractivity contribution in [1.29, 1.82) is 0 Å². The number of pyridine rings is 1. The molecule has 2 aromatic heterocycles. The molecule has 1 amide bonds. The molecule has 1 N–H and O–H groups in total. The number of carbonyl (C=O) groups is 1. The highest BCUT2D eigenvalue weighted by molar-refractivity contribution is 5.77. The minimum atomic E-state index is -0.316. The number of hydrogen-bond acceptors (Lipinski definition) is 5. The van der Waals surface area contributed by atoms with Crippen LogP contribution in [0.3, 0.4) is 0 Å². The van der Waals surface area contributed by atoms with Gasteiger partial charge in [-0.1, -0.05) is 11.2 Å². The standard InChI is InChI=1S/C18H16FN3O3/c19-14-6-4-13(5-7-14)17-9-16(22-25-17)11-24-12-18(23)21-10-15-3-1-2-8-20-15/h1-9H,10-12H2,(H,21,23). The van der Waals surface area contributed by atoms with Gasteiger partial charge in [0.1, 0.15) is 18.1 Å². The van der Waals surface area contributed by atoms with E-state index in [0.717, 1.165) is 5.69 Å². The summed E-state index contributed by atoms with van der Waals surface area (Å²) in [5, 5.41) is 6.59. The predicted molar refractivity (Wildman–Crippen MR) is 87.6 cm³/mol. The van der Waals surface area contributed by atoms with E-state index in [4.69, 9.17) is 9.26 Å². The maximum Gasteiger partial charge on any atom is 0.246 e. The van der Waals surface area contributed by atoms with Crippen molar-refractivity contribution in [2.45, 2.75) is 13.2 Å². The van der Waals surface area contributed by atoms with Crippen molar-refractivity contribution in [3.63, 3.8) is 0 Å². The first kappa shape index (κ1) is 16.8. The average Bonchev–Trinajstić information content (AvgIpc) is 3.10. The molecular weight excluding hydrogens is 325 g/mol. The van der Waals surface area contributed by atoms with Crippen LogP contribution in [-0.4, -0.2) is 22.7 Å². The van der Waals surface area contributed by atoms with E-state index in [2.05, 4.69) is 15.5 Å². The normalized spacial score (nSPS) is 10.6. The quantitative estimate of drug-likeness (QED) is 0.715. The molecule has 0 aliphatic rings. The molecule has 0 unspecified atom stereocenters. The summed E-state index contributed by atoms with van der Waals surface area (Å²) in [5.74, 6) is -0.0466. The smallest absolute Gasteiger partial charge is 0.246 e. The fourth-order valence-corrected chi connectivity index (χ4v) is 2.12. The Hall–Kier alpha value is -3.06. The molecule has 25 heavy (non-hydrogen) atoms. The summed E-state index contributed by atoms with van der Waals surface area (Å²) in [6, 6.07) is 13.1. The van der Waals surface area contributed by atoms with E-state index in [0.29, 0.717) is 23.6 Å². The lowest BCUT2D eigenvalue weighted by Gasteiger charge is -2.04. The maximum absolute atomic E-state index is 12.9. The van der Waals surface area contributed by atoms with Gasteiger partial charge in [-0.3, -0.25) is 9.78 Å². The largest absolute Gasteiger partial charge is 0.365 e. The predicted octanol–water partition coefficient (Wildman–Crippen LogP) is 2.71. The van der Waals surface area contributed by atoms with Gasteiger partial charge < -0.3 is 14.6 Å². The van der Waals surface area contributed by atoms with Crippen molar-refractivity contribution in [3.05, 3.63) is 71.9 Å². The first-order chi connectivity index (χ1) is 12.2. The first-order valence-corrected chi connectivity index (χ1v) is 7.66. The Morgan fingerprint density at radius 2 is 2.00 bits per heavy atom. The molecule has 2 heterocycles. The Bertz CT molecular complexity index is 819. The highest BCUT2D eigenvalue weighted by Crippen LogP contribution is 2.20. The van der Waals surface area contributed by atoms with Gasteiger partial charge in [0.2, 0.25) is 5.91 Å². The van der Waals surface area contributed by atoms with Gasteiger partial charge in [-0.15, -0.1) is 0 Å². The fourth-order valence-electron chi connectivity index (χ4n) is 2.12. The summed E-state index contributed by atoms with van der Waals surface area (Å²) in [5.41, 5.74) is 2.04. The molecule has 0 fully saturated rings. The highest BCUT2D eigenvalue weighted by atomic mass is 19.1. The highest BCUT2D eigenvalue weighted by Gasteiger charge is 2.08. The van der Waals surface area contributed by atoms with Gasteiger partial charge in [-0.05, 0) is 36.4 Å². The van der Waals surface area contributed by atoms with E-state index in [1.54, 1.807) is 24.4 Å². The van der Waals surface area contributed by atoms with Crippen molar-refractivity contribution in [3.8, 4) is 11.3 Å². The zero-order chi connectivity index (χ0) is 17.5. The third kappa shape index (κ3) is 4.95. The first-order valence-electron chi connectivity index (χ1n) is 7.66. The van der Waals surface area contributed by atoms with Crippen molar-refractivity contribution >= 4 is 5.91 Å². The van der Waals surface area contributed by atoms with Gasteiger partial charge in [0, 0.05) is 17.8 Å². The van der Waals surface area contributed by atoms with Crippen LogP contribution < -0.4 is 5.32 Å². The zero-order valence-electron chi connectivity index (χ0n) is 13.3. The lowest BCUT2D eigenvalue weighted by Crippen LogP contribution is -2.27. The van der Waals surface area contributed by atoms with E-state index in [1.807, 2.05) is 18.2 Å². The Labute approximate surface area is 143 Å². The van der Waals surface area contributed by atoms with Crippen LogP contribution in [0.4, 0.5) is 4.39 Å². The van der Waals surface area contributed by atoms with Gasteiger partial charge in [-0.25, -0.2) is 4.39 Å². The van der Waals surface area contributed by atoms with Gasteiger partial charge in [0.15, 0.2) is 5.76 Å². The van der Waals surface area contributed by atoms with Crippen LogP contribution in [0.5, 0.6) is 0 Å². The molecule has 1 aromatic carbocycles. The Kier molecular flexibility index (Phi) is 5.48. The summed E-state index contributed by atoms with van der Waals surface area (Å²) >= 11 is 0. The number of amides is 1. The fraction of sp³-hybridized carbons (Fsp3) is 0.167. The lowest BCUT2D eigenvalue weighted by atomic mass is 10.1. The molecule has 0 radical (unpaired) electrons. The number of halogens is 1. The number of ether oxygens (including phenoxy) is 1. The van der Waals surface area contributed by atoms with Gasteiger partial charge in [-0.2, -0.15) is 0 Å². The number of rotatable bonds is 7. The Morgan fingerprint density at radius 1 is 1.16 bits per heavy atom. The van der Waals surface area contributed by atoms with Crippen LogP contribution in [0.2, 0.25) is 0 Å². The summed E-state index contributed by atoms with van der Waals surface area (Å²) in [4.78, 5) is 15.8. The number of carbonyl (C=O) groups excluding carboxylic acids is 1.